The Morgan fingerprint density at radius 1 is 1.06 bits per heavy atom. The minimum Gasteiger partial charge on any atom is -0.355 e. The molecule has 9 heteroatoms. The highest BCUT2D eigenvalue weighted by molar-refractivity contribution is 5.94. The smallest absolute Gasteiger partial charge is 0.271 e. The van der Waals surface area contributed by atoms with E-state index >= 15 is 0 Å². The SMILES string of the molecule is CCNC(=O)c1ccc(N2CCC(NC(=O)c3ccc(-c4cccc(F)c4)nc3)CC2)nn1. The Bertz CT molecular complexity index is 1110. The molecule has 1 fully saturated rings. The quantitative estimate of drug-likeness (QED) is 0.602. The van der Waals surface area contributed by atoms with Crippen LogP contribution in [0.25, 0.3) is 11.3 Å². The third-order valence-corrected chi connectivity index (χ3v) is 5.52. The number of rotatable bonds is 6. The van der Waals surface area contributed by atoms with Crippen molar-refractivity contribution in [3.05, 3.63) is 71.8 Å². The molecule has 170 valence electrons. The lowest BCUT2D eigenvalue weighted by molar-refractivity contribution is 0.0928. The van der Waals surface area contributed by atoms with Gasteiger partial charge in [0.1, 0.15) is 5.82 Å². The second kappa shape index (κ2) is 10.2. The van der Waals surface area contributed by atoms with Crippen LogP contribution in [-0.2, 0) is 0 Å². The van der Waals surface area contributed by atoms with E-state index in [9.17, 15) is 14.0 Å². The molecule has 2 amide bonds. The first-order chi connectivity index (χ1) is 16.0. The van der Waals surface area contributed by atoms with Crippen molar-refractivity contribution in [1.29, 1.82) is 0 Å². The summed E-state index contributed by atoms with van der Waals surface area (Å²) in [6, 6.07) is 13.1. The molecule has 33 heavy (non-hydrogen) atoms. The van der Waals surface area contributed by atoms with Crippen LogP contribution in [0.3, 0.4) is 0 Å². The van der Waals surface area contributed by atoms with Crippen LogP contribution in [-0.4, -0.2) is 52.7 Å². The van der Waals surface area contributed by atoms with Gasteiger partial charge >= 0.3 is 0 Å². The van der Waals surface area contributed by atoms with Gasteiger partial charge in [-0.2, -0.15) is 0 Å². The van der Waals surface area contributed by atoms with E-state index in [-0.39, 0.29) is 23.7 Å². The highest BCUT2D eigenvalue weighted by Gasteiger charge is 2.22. The molecule has 1 aromatic carbocycles. The van der Waals surface area contributed by atoms with Crippen molar-refractivity contribution in [2.45, 2.75) is 25.8 Å². The standard InChI is InChI=1S/C24H25FN6O2/c1-2-26-24(33)21-8-9-22(30-29-21)31-12-10-19(11-13-31)28-23(32)17-6-7-20(27-15-17)16-4-3-5-18(25)14-16/h3-9,14-15,19H,2,10-13H2,1H3,(H,26,33)(H,28,32). The van der Waals surface area contributed by atoms with E-state index in [1.165, 1.54) is 18.3 Å². The maximum Gasteiger partial charge on any atom is 0.271 e. The lowest BCUT2D eigenvalue weighted by atomic mass is 10.0. The molecule has 4 rings (SSSR count). The van der Waals surface area contributed by atoms with E-state index in [1.807, 2.05) is 6.92 Å². The fourth-order valence-electron chi connectivity index (χ4n) is 3.73. The van der Waals surface area contributed by atoms with Crippen LogP contribution in [0.4, 0.5) is 10.2 Å². The topological polar surface area (TPSA) is 100 Å². The van der Waals surface area contributed by atoms with Crippen molar-refractivity contribution in [3.63, 3.8) is 0 Å². The summed E-state index contributed by atoms with van der Waals surface area (Å²) in [5.74, 6) is -0.0365. The lowest BCUT2D eigenvalue weighted by Crippen LogP contribution is -2.45. The van der Waals surface area contributed by atoms with E-state index in [0.29, 0.717) is 34.9 Å². The highest BCUT2D eigenvalue weighted by Crippen LogP contribution is 2.20. The van der Waals surface area contributed by atoms with Gasteiger partial charge in [-0.1, -0.05) is 12.1 Å². The monoisotopic (exact) mass is 448 g/mol. The summed E-state index contributed by atoms with van der Waals surface area (Å²) in [6.07, 6.45) is 3.04. The Morgan fingerprint density at radius 2 is 1.88 bits per heavy atom. The van der Waals surface area contributed by atoms with E-state index in [2.05, 4.69) is 30.7 Å². The van der Waals surface area contributed by atoms with Crippen molar-refractivity contribution < 1.29 is 14.0 Å². The van der Waals surface area contributed by atoms with Gasteiger partial charge in [-0.05, 0) is 56.2 Å². The molecular formula is C24H25FN6O2. The Morgan fingerprint density at radius 3 is 2.52 bits per heavy atom. The molecule has 3 heterocycles. The number of anilines is 1. The van der Waals surface area contributed by atoms with Crippen LogP contribution in [0.2, 0.25) is 0 Å². The van der Waals surface area contributed by atoms with Gasteiger partial charge in [0, 0.05) is 37.4 Å². The number of piperidine rings is 1. The van der Waals surface area contributed by atoms with Crippen LogP contribution in [0.5, 0.6) is 0 Å². The number of nitrogens with one attached hydrogen (secondary N) is 2. The van der Waals surface area contributed by atoms with Gasteiger partial charge in [-0.3, -0.25) is 14.6 Å². The Balaban J connectivity index is 1.30. The van der Waals surface area contributed by atoms with Gasteiger partial charge in [0.05, 0.1) is 11.3 Å². The molecule has 8 nitrogen and oxygen atoms in total. The van der Waals surface area contributed by atoms with Crippen LogP contribution >= 0.6 is 0 Å². The van der Waals surface area contributed by atoms with Crippen molar-refractivity contribution >= 4 is 17.6 Å². The van der Waals surface area contributed by atoms with E-state index in [0.717, 1.165) is 25.9 Å². The summed E-state index contributed by atoms with van der Waals surface area (Å²) in [4.78, 5) is 30.8. The molecule has 0 spiro atoms. The third kappa shape index (κ3) is 5.49. The number of halogens is 1. The van der Waals surface area contributed by atoms with Crippen LogP contribution in [0, 0.1) is 5.82 Å². The maximum absolute atomic E-state index is 13.4. The van der Waals surface area contributed by atoms with Gasteiger partial charge in [0.25, 0.3) is 11.8 Å². The predicted molar refractivity (Wildman–Crippen MR) is 122 cm³/mol. The second-order valence-electron chi connectivity index (χ2n) is 7.81. The number of amides is 2. The molecule has 0 bridgehead atoms. The minimum atomic E-state index is -0.327. The molecule has 0 radical (unpaired) electrons. The fourth-order valence-corrected chi connectivity index (χ4v) is 3.73. The molecule has 2 N–H and O–H groups in total. The van der Waals surface area contributed by atoms with Gasteiger partial charge in [0.15, 0.2) is 11.5 Å². The van der Waals surface area contributed by atoms with Gasteiger partial charge < -0.3 is 15.5 Å². The molecule has 3 aromatic rings. The Labute approximate surface area is 191 Å². The molecule has 2 aromatic heterocycles. The van der Waals surface area contributed by atoms with Crippen LogP contribution in [0.1, 0.15) is 40.6 Å². The van der Waals surface area contributed by atoms with Gasteiger partial charge in [-0.15, -0.1) is 10.2 Å². The number of carbonyl (C=O) groups is 2. The van der Waals surface area contributed by atoms with E-state index in [4.69, 9.17) is 0 Å². The fraction of sp³-hybridized carbons (Fsp3) is 0.292. The molecule has 0 aliphatic carbocycles. The first kappa shape index (κ1) is 22.3. The predicted octanol–water partition coefficient (Wildman–Crippen LogP) is 2.83. The average Bonchev–Trinajstić information content (AvgIpc) is 2.85. The number of hydrogen-bond acceptors (Lipinski definition) is 6. The minimum absolute atomic E-state index is 0.0409. The van der Waals surface area contributed by atoms with Crippen molar-refractivity contribution in [2.24, 2.45) is 0 Å². The number of hydrogen-bond donors (Lipinski definition) is 2. The van der Waals surface area contributed by atoms with Crippen molar-refractivity contribution in [2.75, 3.05) is 24.5 Å². The highest BCUT2D eigenvalue weighted by atomic mass is 19.1. The number of nitrogens with zero attached hydrogens (tertiary/aromatic N) is 4. The third-order valence-electron chi connectivity index (χ3n) is 5.52. The van der Waals surface area contributed by atoms with E-state index in [1.54, 1.807) is 36.4 Å². The first-order valence-electron chi connectivity index (χ1n) is 10.9. The summed E-state index contributed by atoms with van der Waals surface area (Å²) < 4.78 is 13.4. The van der Waals surface area contributed by atoms with Gasteiger partial charge in [-0.25, -0.2) is 4.39 Å². The van der Waals surface area contributed by atoms with Crippen LogP contribution < -0.4 is 15.5 Å². The normalized spacial score (nSPS) is 14.1. The molecule has 1 saturated heterocycles. The Kier molecular flexibility index (Phi) is 6.87. The van der Waals surface area contributed by atoms with Crippen molar-refractivity contribution in [3.8, 4) is 11.3 Å². The zero-order chi connectivity index (χ0) is 23.2. The second-order valence-corrected chi connectivity index (χ2v) is 7.81. The number of carbonyl (C=O) groups excluding carboxylic acids is 2. The molecular weight excluding hydrogens is 423 g/mol. The van der Waals surface area contributed by atoms with Crippen LogP contribution in [0.15, 0.2) is 54.7 Å². The summed E-state index contributed by atoms with van der Waals surface area (Å²) in [5, 5.41) is 13.9. The summed E-state index contributed by atoms with van der Waals surface area (Å²) >= 11 is 0. The molecule has 0 saturated carbocycles. The summed E-state index contributed by atoms with van der Waals surface area (Å²) in [5.41, 5.74) is 2.03. The average molecular weight is 449 g/mol. The summed E-state index contributed by atoms with van der Waals surface area (Å²) in [7, 11) is 0. The molecule has 0 unspecified atom stereocenters. The number of benzene rings is 1. The van der Waals surface area contributed by atoms with Gasteiger partial charge in [0.2, 0.25) is 0 Å². The molecule has 1 aliphatic heterocycles. The maximum atomic E-state index is 13.4. The zero-order valence-corrected chi connectivity index (χ0v) is 18.3. The largest absolute Gasteiger partial charge is 0.355 e. The number of aromatic nitrogens is 3. The molecule has 0 atom stereocenters. The zero-order valence-electron chi connectivity index (χ0n) is 18.3. The lowest BCUT2D eigenvalue weighted by Gasteiger charge is -2.32. The van der Waals surface area contributed by atoms with E-state index < -0.39 is 0 Å². The first-order valence-corrected chi connectivity index (χ1v) is 10.9. The Hall–Kier alpha value is -3.88. The molecule has 1 aliphatic rings. The van der Waals surface area contributed by atoms with Crippen molar-refractivity contribution in [1.82, 2.24) is 25.8 Å². The number of pyridine rings is 1. The summed E-state index contributed by atoms with van der Waals surface area (Å²) in [6.45, 7) is 3.82.